The Morgan fingerprint density at radius 3 is 2.64 bits per heavy atom. The molecule has 6 nitrogen and oxygen atoms in total. The molecule has 0 saturated carbocycles. The number of aryl methyl sites for hydroxylation is 2. The third kappa shape index (κ3) is 5.29. The lowest BCUT2D eigenvalue weighted by Gasteiger charge is -2.31. The Morgan fingerprint density at radius 1 is 1.21 bits per heavy atom. The fourth-order valence-corrected chi connectivity index (χ4v) is 4.88. The van der Waals surface area contributed by atoms with E-state index in [0.717, 1.165) is 17.8 Å². The number of ether oxygens (including phenoxy) is 1. The van der Waals surface area contributed by atoms with Crippen molar-refractivity contribution in [1.82, 2.24) is 10.3 Å². The SMILES string of the molecule is Cc1nc(C)c(C(=O)N(c2cccc(F)c2)C(C(=O)NCC2CCCO2)c2ccccc2)s1. The second-order valence-electron chi connectivity index (χ2n) is 8.00. The van der Waals surface area contributed by atoms with Gasteiger partial charge in [-0.1, -0.05) is 36.4 Å². The van der Waals surface area contributed by atoms with Crippen molar-refractivity contribution in [2.24, 2.45) is 0 Å². The number of hydrogen-bond acceptors (Lipinski definition) is 5. The molecule has 3 aromatic rings. The van der Waals surface area contributed by atoms with Crippen molar-refractivity contribution in [1.29, 1.82) is 0 Å². The maximum absolute atomic E-state index is 14.2. The summed E-state index contributed by atoms with van der Waals surface area (Å²) in [5, 5.41) is 3.69. The van der Waals surface area contributed by atoms with Crippen LogP contribution in [0.3, 0.4) is 0 Å². The van der Waals surface area contributed by atoms with Crippen molar-refractivity contribution in [3.63, 3.8) is 0 Å². The maximum Gasteiger partial charge on any atom is 0.271 e. The normalized spacial score (nSPS) is 16.4. The highest BCUT2D eigenvalue weighted by molar-refractivity contribution is 7.13. The fourth-order valence-electron chi connectivity index (χ4n) is 4.02. The molecule has 2 amide bonds. The molecule has 2 atom stereocenters. The summed E-state index contributed by atoms with van der Waals surface area (Å²) in [5.41, 5.74) is 1.50. The monoisotopic (exact) mass is 467 g/mol. The van der Waals surface area contributed by atoms with Crippen LogP contribution in [0.1, 0.15) is 44.8 Å². The van der Waals surface area contributed by atoms with Crippen LogP contribution < -0.4 is 10.2 Å². The molecular formula is C25H26FN3O3S. The Kier molecular flexibility index (Phi) is 7.15. The molecule has 4 rings (SSSR count). The second-order valence-corrected chi connectivity index (χ2v) is 9.20. The number of aromatic nitrogens is 1. The molecule has 1 aromatic heterocycles. The minimum absolute atomic E-state index is 0.0462. The molecule has 1 aliphatic heterocycles. The van der Waals surface area contributed by atoms with Crippen LogP contribution in [0.4, 0.5) is 10.1 Å². The lowest BCUT2D eigenvalue weighted by molar-refractivity contribution is -0.123. The molecule has 33 heavy (non-hydrogen) atoms. The summed E-state index contributed by atoms with van der Waals surface area (Å²) in [4.78, 5) is 33.6. The maximum atomic E-state index is 14.2. The molecule has 0 aliphatic carbocycles. The van der Waals surface area contributed by atoms with Crippen LogP contribution in [0.15, 0.2) is 54.6 Å². The van der Waals surface area contributed by atoms with Crippen LogP contribution >= 0.6 is 11.3 Å². The Balaban J connectivity index is 1.77. The first kappa shape index (κ1) is 23.1. The van der Waals surface area contributed by atoms with E-state index in [1.165, 1.54) is 34.4 Å². The van der Waals surface area contributed by atoms with Gasteiger partial charge in [-0.2, -0.15) is 0 Å². The number of nitrogens with zero attached hydrogens (tertiary/aromatic N) is 2. The molecule has 1 N–H and O–H groups in total. The van der Waals surface area contributed by atoms with Gasteiger partial charge >= 0.3 is 0 Å². The molecule has 1 fully saturated rings. The summed E-state index contributed by atoms with van der Waals surface area (Å²) in [6, 6.07) is 13.8. The molecule has 0 spiro atoms. The van der Waals surface area contributed by atoms with E-state index in [2.05, 4.69) is 10.3 Å². The lowest BCUT2D eigenvalue weighted by Crippen LogP contribution is -2.45. The first-order valence-corrected chi connectivity index (χ1v) is 11.7. The summed E-state index contributed by atoms with van der Waals surface area (Å²) >= 11 is 1.26. The summed E-state index contributed by atoms with van der Waals surface area (Å²) in [6.07, 6.45) is 1.79. The Hall–Kier alpha value is -3.10. The summed E-state index contributed by atoms with van der Waals surface area (Å²) in [6.45, 7) is 4.62. The average Bonchev–Trinajstić information content (AvgIpc) is 3.45. The lowest BCUT2D eigenvalue weighted by atomic mass is 10.0. The molecule has 172 valence electrons. The highest BCUT2D eigenvalue weighted by atomic mass is 32.1. The molecule has 2 heterocycles. The zero-order chi connectivity index (χ0) is 23.4. The number of rotatable bonds is 7. The van der Waals surface area contributed by atoms with Crippen molar-refractivity contribution in [2.45, 2.75) is 38.8 Å². The number of amides is 2. The third-order valence-electron chi connectivity index (χ3n) is 5.55. The van der Waals surface area contributed by atoms with Crippen molar-refractivity contribution in [3.05, 3.63) is 81.6 Å². The number of thiazole rings is 1. The Morgan fingerprint density at radius 2 is 2.00 bits per heavy atom. The highest BCUT2D eigenvalue weighted by Crippen LogP contribution is 2.32. The van der Waals surface area contributed by atoms with E-state index >= 15 is 0 Å². The van der Waals surface area contributed by atoms with Crippen LogP contribution in [0.25, 0.3) is 0 Å². The van der Waals surface area contributed by atoms with Gasteiger partial charge in [0.05, 0.1) is 16.8 Å². The minimum Gasteiger partial charge on any atom is -0.376 e. The zero-order valence-corrected chi connectivity index (χ0v) is 19.4. The molecule has 2 aromatic carbocycles. The van der Waals surface area contributed by atoms with Crippen LogP contribution in [0.2, 0.25) is 0 Å². The van der Waals surface area contributed by atoms with Crippen LogP contribution in [-0.4, -0.2) is 36.1 Å². The van der Waals surface area contributed by atoms with Gasteiger partial charge in [0.1, 0.15) is 16.7 Å². The van der Waals surface area contributed by atoms with Gasteiger partial charge in [-0.15, -0.1) is 11.3 Å². The summed E-state index contributed by atoms with van der Waals surface area (Å²) < 4.78 is 19.9. The second kappa shape index (κ2) is 10.2. The summed E-state index contributed by atoms with van der Waals surface area (Å²) in [5.74, 6) is -1.24. The largest absolute Gasteiger partial charge is 0.376 e. The highest BCUT2D eigenvalue weighted by Gasteiger charge is 2.35. The number of carbonyl (C=O) groups excluding carboxylic acids is 2. The molecular weight excluding hydrogens is 441 g/mol. The van der Waals surface area contributed by atoms with Gasteiger partial charge in [0.2, 0.25) is 5.91 Å². The number of hydrogen-bond donors (Lipinski definition) is 1. The number of anilines is 1. The van der Waals surface area contributed by atoms with Crippen LogP contribution in [0, 0.1) is 19.7 Å². The van der Waals surface area contributed by atoms with Gasteiger partial charge in [-0.25, -0.2) is 9.37 Å². The number of carbonyl (C=O) groups is 2. The van der Waals surface area contributed by atoms with Gasteiger partial charge in [0, 0.05) is 18.8 Å². The Bertz CT molecular complexity index is 1130. The van der Waals surface area contributed by atoms with Gasteiger partial charge in [-0.3, -0.25) is 14.5 Å². The Labute approximate surface area is 196 Å². The average molecular weight is 468 g/mol. The van der Waals surface area contributed by atoms with E-state index in [1.807, 2.05) is 25.1 Å². The first-order valence-electron chi connectivity index (χ1n) is 10.9. The van der Waals surface area contributed by atoms with Gasteiger partial charge < -0.3 is 10.1 Å². The number of nitrogens with one attached hydrogen (secondary N) is 1. The fraction of sp³-hybridized carbons (Fsp3) is 0.320. The topological polar surface area (TPSA) is 71.5 Å². The standard InChI is InChI=1S/C25H26FN3O3S/c1-16-23(33-17(2)28-16)25(31)29(20-11-6-10-19(26)14-20)22(18-8-4-3-5-9-18)24(30)27-15-21-12-7-13-32-21/h3-6,8-11,14,21-22H,7,12-13,15H2,1-2H3,(H,27,30). The van der Waals surface area contributed by atoms with E-state index in [1.54, 1.807) is 25.1 Å². The molecule has 1 aliphatic rings. The van der Waals surface area contributed by atoms with E-state index in [-0.39, 0.29) is 12.0 Å². The molecule has 0 radical (unpaired) electrons. The molecule has 2 unspecified atom stereocenters. The van der Waals surface area contributed by atoms with Gasteiger partial charge in [0.25, 0.3) is 5.91 Å². The minimum atomic E-state index is -0.997. The first-order chi connectivity index (χ1) is 15.9. The summed E-state index contributed by atoms with van der Waals surface area (Å²) in [7, 11) is 0. The quantitative estimate of drug-likeness (QED) is 0.552. The smallest absolute Gasteiger partial charge is 0.271 e. The van der Waals surface area contributed by atoms with Crippen molar-refractivity contribution in [2.75, 3.05) is 18.1 Å². The van der Waals surface area contributed by atoms with E-state index in [9.17, 15) is 14.0 Å². The van der Waals surface area contributed by atoms with Gasteiger partial charge in [0.15, 0.2) is 0 Å². The van der Waals surface area contributed by atoms with E-state index < -0.39 is 17.8 Å². The molecule has 0 bridgehead atoms. The number of halogens is 1. The predicted octanol–water partition coefficient (Wildman–Crippen LogP) is 4.58. The number of benzene rings is 2. The molecule has 8 heteroatoms. The van der Waals surface area contributed by atoms with E-state index in [4.69, 9.17) is 4.74 Å². The zero-order valence-electron chi connectivity index (χ0n) is 18.6. The molecule has 1 saturated heterocycles. The van der Waals surface area contributed by atoms with Crippen LogP contribution in [0.5, 0.6) is 0 Å². The van der Waals surface area contributed by atoms with Crippen molar-refractivity contribution in [3.8, 4) is 0 Å². The third-order valence-corrected chi connectivity index (χ3v) is 6.61. The van der Waals surface area contributed by atoms with Crippen molar-refractivity contribution < 1.29 is 18.7 Å². The van der Waals surface area contributed by atoms with Gasteiger partial charge in [-0.05, 0) is 50.5 Å². The predicted molar refractivity (Wildman–Crippen MR) is 126 cm³/mol. The van der Waals surface area contributed by atoms with Crippen molar-refractivity contribution >= 4 is 28.8 Å². The van der Waals surface area contributed by atoms with Crippen LogP contribution in [-0.2, 0) is 9.53 Å². The van der Waals surface area contributed by atoms with E-state index in [0.29, 0.717) is 35.0 Å².